The summed E-state index contributed by atoms with van der Waals surface area (Å²) in [6.07, 6.45) is 3.70. The van der Waals surface area contributed by atoms with Crippen LogP contribution in [0.5, 0.6) is 0 Å². The number of halogens is 1. The molecule has 0 unspecified atom stereocenters. The highest BCUT2D eigenvalue weighted by Crippen LogP contribution is 2.11. The molecule has 1 heterocycles. The van der Waals surface area contributed by atoms with Gasteiger partial charge in [-0.05, 0) is 42.5 Å². The Kier molecular flexibility index (Phi) is 7.33. The fourth-order valence-corrected chi connectivity index (χ4v) is 3.29. The molecule has 1 amide bonds. The predicted molar refractivity (Wildman–Crippen MR) is 93.8 cm³/mol. The molecule has 1 saturated heterocycles. The number of hydrogen-bond acceptors (Lipinski definition) is 4. The minimum Gasteiger partial charge on any atom is -0.340 e. The summed E-state index contributed by atoms with van der Waals surface area (Å²) in [4.78, 5) is 16.6. The van der Waals surface area contributed by atoms with E-state index in [1.54, 1.807) is 11.8 Å². The standard InChI is InChI=1S/C17H26FN3OS/c1-23-12-7-16(19)17(22)21-9-2-8-20(10-11-21)13-14-3-5-15(18)6-4-14/h3-6,16H,2,7-13,19H2,1H3/t16-/m0/s1. The summed E-state index contributed by atoms with van der Waals surface area (Å²) in [5.74, 6) is 0.778. The highest BCUT2D eigenvalue weighted by molar-refractivity contribution is 7.98. The molecule has 1 aliphatic rings. The van der Waals surface area contributed by atoms with Crippen LogP contribution in [0.4, 0.5) is 4.39 Å². The van der Waals surface area contributed by atoms with Gasteiger partial charge in [-0.1, -0.05) is 12.1 Å². The van der Waals surface area contributed by atoms with Gasteiger partial charge in [0.1, 0.15) is 5.82 Å². The number of rotatable bonds is 6. The molecule has 23 heavy (non-hydrogen) atoms. The first kappa shape index (κ1) is 18.2. The number of carbonyl (C=O) groups excluding carboxylic acids is 1. The van der Waals surface area contributed by atoms with E-state index in [0.29, 0.717) is 6.54 Å². The van der Waals surface area contributed by atoms with Crippen molar-refractivity contribution in [1.82, 2.24) is 9.80 Å². The monoisotopic (exact) mass is 339 g/mol. The molecule has 0 radical (unpaired) electrons. The van der Waals surface area contributed by atoms with Gasteiger partial charge in [0.05, 0.1) is 6.04 Å². The molecule has 4 nitrogen and oxygen atoms in total. The second-order valence-electron chi connectivity index (χ2n) is 5.97. The van der Waals surface area contributed by atoms with Crippen LogP contribution in [0.3, 0.4) is 0 Å². The van der Waals surface area contributed by atoms with Crippen LogP contribution in [0, 0.1) is 5.82 Å². The molecule has 0 spiro atoms. The lowest BCUT2D eigenvalue weighted by atomic mass is 10.2. The molecule has 2 rings (SSSR count). The third kappa shape index (κ3) is 5.79. The number of amides is 1. The van der Waals surface area contributed by atoms with E-state index in [1.807, 2.05) is 23.3 Å². The molecule has 1 aromatic rings. The molecule has 0 aromatic heterocycles. The Morgan fingerprint density at radius 2 is 2.00 bits per heavy atom. The Bertz CT molecular complexity index is 497. The van der Waals surface area contributed by atoms with Crippen molar-refractivity contribution in [3.8, 4) is 0 Å². The maximum absolute atomic E-state index is 13.0. The van der Waals surface area contributed by atoms with Gasteiger partial charge in [0, 0.05) is 32.7 Å². The molecular weight excluding hydrogens is 313 g/mol. The van der Waals surface area contributed by atoms with Gasteiger partial charge in [0.25, 0.3) is 0 Å². The van der Waals surface area contributed by atoms with E-state index in [4.69, 9.17) is 5.73 Å². The molecule has 0 saturated carbocycles. The van der Waals surface area contributed by atoms with Crippen molar-refractivity contribution < 1.29 is 9.18 Å². The second kappa shape index (κ2) is 9.25. The maximum Gasteiger partial charge on any atom is 0.239 e. The Balaban J connectivity index is 1.84. The third-order valence-electron chi connectivity index (χ3n) is 4.17. The highest BCUT2D eigenvalue weighted by atomic mass is 32.2. The summed E-state index contributed by atoms with van der Waals surface area (Å²) in [7, 11) is 0. The third-order valence-corrected chi connectivity index (χ3v) is 4.81. The first-order valence-corrected chi connectivity index (χ1v) is 9.49. The predicted octanol–water partition coefficient (Wildman–Crippen LogP) is 1.94. The van der Waals surface area contributed by atoms with Crippen molar-refractivity contribution in [2.45, 2.75) is 25.4 Å². The number of nitrogens with zero attached hydrogens (tertiary/aromatic N) is 2. The van der Waals surface area contributed by atoms with Crippen molar-refractivity contribution in [3.63, 3.8) is 0 Å². The molecule has 1 aromatic carbocycles. The van der Waals surface area contributed by atoms with Crippen molar-refractivity contribution >= 4 is 17.7 Å². The SMILES string of the molecule is CSCC[C@H](N)C(=O)N1CCCN(Cc2ccc(F)cc2)CC1. The van der Waals surface area contributed by atoms with E-state index in [0.717, 1.165) is 50.3 Å². The maximum atomic E-state index is 13.0. The van der Waals surface area contributed by atoms with Crippen LogP contribution in [-0.4, -0.2) is 59.9 Å². The Labute approximate surface area is 142 Å². The minimum absolute atomic E-state index is 0.0719. The molecule has 2 N–H and O–H groups in total. The number of benzene rings is 1. The average Bonchev–Trinajstić information content (AvgIpc) is 2.79. The van der Waals surface area contributed by atoms with Gasteiger partial charge in [-0.2, -0.15) is 11.8 Å². The Morgan fingerprint density at radius 3 is 2.70 bits per heavy atom. The molecule has 1 fully saturated rings. The van der Waals surface area contributed by atoms with E-state index >= 15 is 0 Å². The Morgan fingerprint density at radius 1 is 1.26 bits per heavy atom. The number of thioether (sulfide) groups is 1. The van der Waals surface area contributed by atoms with Gasteiger partial charge in [0.2, 0.25) is 5.91 Å². The molecule has 128 valence electrons. The average molecular weight is 339 g/mol. The van der Waals surface area contributed by atoms with Gasteiger partial charge in [0.15, 0.2) is 0 Å². The number of nitrogens with two attached hydrogens (primary N) is 1. The fraction of sp³-hybridized carbons (Fsp3) is 0.588. The summed E-state index contributed by atoms with van der Waals surface area (Å²) in [6.45, 7) is 4.05. The van der Waals surface area contributed by atoms with E-state index in [2.05, 4.69) is 4.90 Å². The van der Waals surface area contributed by atoms with Crippen LogP contribution in [-0.2, 0) is 11.3 Å². The quantitative estimate of drug-likeness (QED) is 0.860. The largest absolute Gasteiger partial charge is 0.340 e. The molecule has 6 heteroatoms. The molecule has 0 bridgehead atoms. The summed E-state index contributed by atoms with van der Waals surface area (Å²) in [5.41, 5.74) is 7.10. The fourth-order valence-electron chi connectivity index (χ4n) is 2.80. The molecular formula is C17H26FN3OS. The first-order chi connectivity index (χ1) is 11.1. The number of hydrogen-bond donors (Lipinski definition) is 1. The topological polar surface area (TPSA) is 49.6 Å². The van der Waals surface area contributed by atoms with Gasteiger partial charge < -0.3 is 10.6 Å². The first-order valence-electron chi connectivity index (χ1n) is 8.10. The molecule has 1 atom stereocenters. The lowest BCUT2D eigenvalue weighted by Gasteiger charge is -2.24. The summed E-state index contributed by atoms with van der Waals surface area (Å²) >= 11 is 1.72. The summed E-state index contributed by atoms with van der Waals surface area (Å²) < 4.78 is 13.0. The lowest BCUT2D eigenvalue weighted by Crippen LogP contribution is -2.45. The summed E-state index contributed by atoms with van der Waals surface area (Å²) in [5, 5.41) is 0. The van der Waals surface area contributed by atoms with Crippen LogP contribution in [0.1, 0.15) is 18.4 Å². The van der Waals surface area contributed by atoms with Gasteiger partial charge >= 0.3 is 0 Å². The van der Waals surface area contributed by atoms with Crippen molar-refractivity contribution in [2.24, 2.45) is 5.73 Å². The number of carbonyl (C=O) groups is 1. The van der Waals surface area contributed by atoms with Gasteiger partial charge in [-0.15, -0.1) is 0 Å². The van der Waals surface area contributed by atoms with Crippen LogP contribution < -0.4 is 5.73 Å². The Hall–Kier alpha value is -1.11. The van der Waals surface area contributed by atoms with Crippen molar-refractivity contribution in [2.75, 3.05) is 38.2 Å². The lowest BCUT2D eigenvalue weighted by molar-refractivity contribution is -0.132. The van der Waals surface area contributed by atoms with E-state index in [-0.39, 0.29) is 17.8 Å². The zero-order valence-electron chi connectivity index (χ0n) is 13.7. The zero-order chi connectivity index (χ0) is 16.7. The van der Waals surface area contributed by atoms with E-state index in [1.165, 1.54) is 12.1 Å². The van der Waals surface area contributed by atoms with Crippen LogP contribution in [0.15, 0.2) is 24.3 Å². The molecule has 0 aliphatic carbocycles. The smallest absolute Gasteiger partial charge is 0.239 e. The second-order valence-corrected chi connectivity index (χ2v) is 6.96. The van der Waals surface area contributed by atoms with Gasteiger partial charge in [-0.25, -0.2) is 4.39 Å². The highest BCUT2D eigenvalue weighted by Gasteiger charge is 2.23. The van der Waals surface area contributed by atoms with Crippen molar-refractivity contribution in [3.05, 3.63) is 35.6 Å². The van der Waals surface area contributed by atoms with E-state index in [9.17, 15) is 9.18 Å². The van der Waals surface area contributed by atoms with E-state index < -0.39 is 0 Å². The normalized spacial score (nSPS) is 17.8. The summed E-state index contributed by atoms with van der Waals surface area (Å²) in [6, 6.07) is 6.25. The van der Waals surface area contributed by atoms with Crippen LogP contribution in [0.2, 0.25) is 0 Å². The zero-order valence-corrected chi connectivity index (χ0v) is 14.5. The van der Waals surface area contributed by atoms with Gasteiger partial charge in [-0.3, -0.25) is 9.69 Å². The van der Waals surface area contributed by atoms with Crippen molar-refractivity contribution in [1.29, 1.82) is 0 Å². The minimum atomic E-state index is -0.383. The van der Waals surface area contributed by atoms with Crippen LogP contribution in [0.25, 0.3) is 0 Å². The van der Waals surface area contributed by atoms with Crippen LogP contribution >= 0.6 is 11.8 Å². The molecule has 1 aliphatic heterocycles.